The summed E-state index contributed by atoms with van der Waals surface area (Å²) in [5, 5.41) is 2.37. The molecule has 0 aliphatic carbocycles. The van der Waals surface area contributed by atoms with Crippen molar-refractivity contribution in [3.63, 3.8) is 0 Å². The molecule has 1 aromatic rings. The fraction of sp³-hybridized carbons (Fsp3) is 0.417. The van der Waals surface area contributed by atoms with Crippen LogP contribution in [0.3, 0.4) is 0 Å². The van der Waals surface area contributed by atoms with Crippen molar-refractivity contribution in [3.8, 4) is 11.5 Å². The SMILES string of the molecule is COCC(N)C(=O)Nc1cc(OC)c(OC)cc1F. The van der Waals surface area contributed by atoms with Crippen LogP contribution in [0.25, 0.3) is 0 Å². The summed E-state index contributed by atoms with van der Waals surface area (Å²) in [4.78, 5) is 11.7. The molecule has 0 saturated carbocycles. The quantitative estimate of drug-likeness (QED) is 0.798. The Bertz CT molecular complexity index is 454. The van der Waals surface area contributed by atoms with E-state index in [1.54, 1.807) is 0 Å². The number of hydrogen-bond acceptors (Lipinski definition) is 5. The van der Waals surface area contributed by atoms with Crippen LogP contribution in [0.2, 0.25) is 0 Å². The Morgan fingerprint density at radius 3 is 2.42 bits per heavy atom. The van der Waals surface area contributed by atoms with Gasteiger partial charge in [-0.2, -0.15) is 0 Å². The number of amides is 1. The maximum Gasteiger partial charge on any atom is 0.243 e. The van der Waals surface area contributed by atoms with Crippen molar-refractivity contribution in [3.05, 3.63) is 17.9 Å². The van der Waals surface area contributed by atoms with E-state index in [9.17, 15) is 9.18 Å². The van der Waals surface area contributed by atoms with E-state index in [2.05, 4.69) is 5.32 Å². The van der Waals surface area contributed by atoms with Crippen molar-refractivity contribution in [2.75, 3.05) is 33.3 Å². The average Bonchev–Trinajstić information content (AvgIpc) is 2.40. The van der Waals surface area contributed by atoms with Crippen LogP contribution < -0.4 is 20.5 Å². The fourth-order valence-electron chi connectivity index (χ4n) is 1.43. The van der Waals surface area contributed by atoms with Gasteiger partial charge in [0.25, 0.3) is 0 Å². The van der Waals surface area contributed by atoms with Gasteiger partial charge in [0.2, 0.25) is 5.91 Å². The maximum atomic E-state index is 13.7. The fourth-order valence-corrected chi connectivity index (χ4v) is 1.43. The molecule has 7 heteroatoms. The lowest BCUT2D eigenvalue weighted by atomic mass is 10.2. The van der Waals surface area contributed by atoms with Crippen molar-refractivity contribution < 1.29 is 23.4 Å². The molecule has 1 amide bonds. The molecule has 0 aromatic heterocycles. The molecule has 0 aliphatic rings. The first-order valence-electron chi connectivity index (χ1n) is 5.50. The van der Waals surface area contributed by atoms with Gasteiger partial charge in [-0.05, 0) is 0 Å². The second-order valence-electron chi connectivity index (χ2n) is 3.74. The predicted octanol–water partition coefficient (Wildman–Crippen LogP) is 0.755. The normalized spacial score (nSPS) is 11.8. The van der Waals surface area contributed by atoms with E-state index in [4.69, 9.17) is 19.9 Å². The van der Waals surface area contributed by atoms with Crippen molar-refractivity contribution in [1.82, 2.24) is 0 Å². The molecule has 6 nitrogen and oxygen atoms in total. The van der Waals surface area contributed by atoms with Gasteiger partial charge >= 0.3 is 0 Å². The molecule has 0 fully saturated rings. The summed E-state index contributed by atoms with van der Waals surface area (Å²) in [5.41, 5.74) is 5.50. The zero-order chi connectivity index (χ0) is 14.4. The second kappa shape index (κ2) is 6.91. The minimum absolute atomic E-state index is 0.0331. The first-order valence-corrected chi connectivity index (χ1v) is 5.50. The number of nitrogens with two attached hydrogens (primary N) is 1. The summed E-state index contributed by atoms with van der Waals surface area (Å²) in [7, 11) is 4.23. The Morgan fingerprint density at radius 1 is 1.32 bits per heavy atom. The highest BCUT2D eigenvalue weighted by molar-refractivity contribution is 5.95. The van der Waals surface area contributed by atoms with Crippen LogP contribution in [0, 0.1) is 5.82 Å². The molecule has 0 saturated heterocycles. The zero-order valence-corrected chi connectivity index (χ0v) is 11.0. The Morgan fingerprint density at radius 2 is 1.89 bits per heavy atom. The van der Waals surface area contributed by atoms with Gasteiger partial charge in [0.1, 0.15) is 6.04 Å². The van der Waals surface area contributed by atoms with Gasteiger partial charge in [0.05, 0.1) is 26.5 Å². The highest BCUT2D eigenvalue weighted by Gasteiger charge is 2.17. The standard InChI is InChI=1S/C12H17FN2O4/c1-17-6-8(14)12(16)15-9-5-11(19-3)10(18-2)4-7(9)13/h4-5,8H,6,14H2,1-3H3,(H,15,16). The van der Waals surface area contributed by atoms with E-state index in [0.29, 0.717) is 5.75 Å². The van der Waals surface area contributed by atoms with Gasteiger partial charge in [-0.25, -0.2) is 4.39 Å². The number of methoxy groups -OCH3 is 3. The number of benzene rings is 1. The van der Waals surface area contributed by atoms with Crippen molar-refractivity contribution >= 4 is 11.6 Å². The maximum absolute atomic E-state index is 13.7. The third-order valence-corrected chi connectivity index (χ3v) is 2.41. The molecular weight excluding hydrogens is 255 g/mol. The molecule has 0 spiro atoms. The summed E-state index contributed by atoms with van der Waals surface area (Å²) in [6.07, 6.45) is 0. The number of halogens is 1. The molecule has 19 heavy (non-hydrogen) atoms. The van der Waals surface area contributed by atoms with Gasteiger partial charge in [-0.15, -0.1) is 0 Å². The van der Waals surface area contributed by atoms with Crippen molar-refractivity contribution in [1.29, 1.82) is 0 Å². The van der Waals surface area contributed by atoms with E-state index in [1.165, 1.54) is 27.4 Å². The lowest BCUT2D eigenvalue weighted by Crippen LogP contribution is -2.39. The molecule has 0 radical (unpaired) electrons. The second-order valence-corrected chi connectivity index (χ2v) is 3.74. The van der Waals surface area contributed by atoms with Crippen molar-refractivity contribution in [2.45, 2.75) is 6.04 Å². The molecule has 1 atom stereocenters. The first-order chi connectivity index (χ1) is 9.03. The first kappa shape index (κ1) is 15.2. The molecule has 0 bridgehead atoms. The van der Waals surface area contributed by atoms with Crippen LogP contribution in [-0.2, 0) is 9.53 Å². The van der Waals surface area contributed by atoms with E-state index in [0.717, 1.165) is 6.07 Å². The third-order valence-electron chi connectivity index (χ3n) is 2.41. The molecule has 1 aromatic carbocycles. The smallest absolute Gasteiger partial charge is 0.243 e. The monoisotopic (exact) mass is 272 g/mol. The average molecular weight is 272 g/mol. The molecule has 0 heterocycles. The number of anilines is 1. The molecule has 106 valence electrons. The van der Waals surface area contributed by atoms with Crippen LogP contribution in [0.15, 0.2) is 12.1 Å². The Kier molecular flexibility index (Phi) is 5.53. The van der Waals surface area contributed by atoms with E-state index >= 15 is 0 Å². The number of carbonyl (C=O) groups excluding carboxylic acids is 1. The predicted molar refractivity (Wildman–Crippen MR) is 68.0 cm³/mol. The summed E-state index contributed by atoms with van der Waals surface area (Å²) in [6.45, 7) is 0.0424. The number of carbonyl (C=O) groups is 1. The molecule has 3 N–H and O–H groups in total. The Balaban J connectivity index is 2.92. The lowest BCUT2D eigenvalue weighted by molar-refractivity contribution is -0.118. The van der Waals surface area contributed by atoms with E-state index in [-0.39, 0.29) is 18.0 Å². The van der Waals surface area contributed by atoms with Gasteiger partial charge in [0, 0.05) is 19.2 Å². The third kappa shape index (κ3) is 3.80. The topological polar surface area (TPSA) is 82.8 Å². The number of nitrogens with one attached hydrogen (secondary N) is 1. The molecule has 1 rings (SSSR count). The van der Waals surface area contributed by atoms with Gasteiger partial charge in [-0.1, -0.05) is 0 Å². The number of ether oxygens (including phenoxy) is 3. The van der Waals surface area contributed by atoms with Crippen LogP contribution in [-0.4, -0.2) is 39.9 Å². The van der Waals surface area contributed by atoms with E-state index in [1.807, 2.05) is 0 Å². The van der Waals surface area contributed by atoms with Gasteiger partial charge < -0.3 is 25.3 Å². The number of rotatable bonds is 6. The lowest BCUT2D eigenvalue weighted by Gasteiger charge is -2.14. The van der Waals surface area contributed by atoms with Crippen LogP contribution in [0.4, 0.5) is 10.1 Å². The summed E-state index contributed by atoms with van der Waals surface area (Å²) in [6, 6.07) is 1.57. The summed E-state index contributed by atoms with van der Waals surface area (Å²) >= 11 is 0. The van der Waals surface area contributed by atoms with Crippen LogP contribution in [0.1, 0.15) is 0 Å². The highest BCUT2D eigenvalue weighted by atomic mass is 19.1. The summed E-state index contributed by atoms with van der Waals surface area (Å²) in [5.74, 6) is -0.651. The minimum Gasteiger partial charge on any atom is -0.493 e. The highest BCUT2D eigenvalue weighted by Crippen LogP contribution is 2.32. The minimum atomic E-state index is -0.877. The summed E-state index contributed by atoms with van der Waals surface area (Å²) < 4.78 is 28.5. The Labute approximate surface area is 110 Å². The molecule has 1 unspecified atom stereocenters. The molecular formula is C12H17FN2O4. The van der Waals surface area contributed by atoms with Crippen LogP contribution >= 0.6 is 0 Å². The zero-order valence-electron chi connectivity index (χ0n) is 11.0. The largest absolute Gasteiger partial charge is 0.493 e. The van der Waals surface area contributed by atoms with Crippen molar-refractivity contribution in [2.24, 2.45) is 5.73 Å². The van der Waals surface area contributed by atoms with Gasteiger partial charge in [-0.3, -0.25) is 4.79 Å². The van der Waals surface area contributed by atoms with Gasteiger partial charge in [0.15, 0.2) is 17.3 Å². The Hall–Kier alpha value is -1.86. The van der Waals surface area contributed by atoms with E-state index < -0.39 is 17.8 Å². The number of hydrogen-bond donors (Lipinski definition) is 2. The molecule has 0 aliphatic heterocycles. The van der Waals surface area contributed by atoms with Crippen LogP contribution in [0.5, 0.6) is 11.5 Å².